The van der Waals surface area contributed by atoms with Crippen molar-refractivity contribution in [2.45, 2.75) is 19.8 Å². The van der Waals surface area contributed by atoms with Crippen LogP contribution in [0.2, 0.25) is 0 Å². The Morgan fingerprint density at radius 3 is 2.77 bits per heavy atom. The monoisotopic (exact) mass is 182 g/mol. The number of carboxylic acid groups (broad SMARTS) is 1. The maximum Gasteiger partial charge on any atom is 0.371 e. The van der Waals surface area contributed by atoms with Gasteiger partial charge >= 0.3 is 5.97 Å². The van der Waals surface area contributed by atoms with E-state index >= 15 is 0 Å². The molecule has 0 amide bonds. The van der Waals surface area contributed by atoms with Crippen LogP contribution in [0.15, 0.2) is 21.5 Å². The molecule has 4 nitrogen and oxygen atoms in total. The van der Waals surface area contributed by atoms with E-state index in [1.54, 1.807) is 0 Å². The van der Waals surface area contributed by atoms with Crippen LogP contribution in [0.3, 0.4) is 0 Å². The third-order valence-electron chi connectivity index (χ3n) is 1.64. The summed E-state index contributed by atoms with van der Waals surface area (Å²) in [6.45, 7) is 1.94. The Balaban J connectivity index is 3.06. The Morgan fingerprint density at radius 2 is 2.31 bits per heavy atom. The quantitative estimate of drug-likeness (QED) is 0.764. The predicted octanol–water partition coefficient (Wildman–Crippen LogP) is 1.29. The Labute approximate surface area is 74.8 Å². The van der Waals surface area contributed by atoms with Crippen molar-refractivity contribution >= 4 is 5.97 Å². The lowest BCUT2D eigenvalue weighted by molar-refractivity contribution is 0.0659. The van der Waals surface area contributed by atoms with Gasteiger partial charge in [-0.2, -0.15) is 0 Å². The third kappa shape index (κ3) is 2.18. The van der Waals surface area contributed by atoms with Gasteiger partial charge in [-0.3, -0.25) is 4.79 Å². The molecule has 1 aromatic heterocycles. The van der Waals surface area contributed by atoms with Crippen LogP contribution in [-0.2, 0) is 6.42 Å². The van der Waals surface area contributed by atoms with Crippen molar-refractivity contribution in [3.63, 3.8) is 0 Å². The third-order valence-corrected chi connectivity index (χ3v) is 1.64. The molecule has 0 aromatic carbocycles. The van der Waals surface area contributed by atoms with Gasteiger partial charge in [0, 0.05) is 11.6 Å². The summed E-state index contributed by atoms with van der Waals surface area (Å²) in [6, 6.07) is 1.01. The molecule has 0 bridgehead atoms. The van der Waals surface area contributed by atoms with E-state index < -0.39 is 5.97 Å². The Morgan fingerprint density at radius 1 is 1.62 bits per heavy atom. The molecule has 1 rings (SSSR count). The first-order valence-corrected chi connectivity index (χ1v) is 4.00. The van der Waals surface area contributed by atoms with E-state index in [1.165, 1.54) is 6.26 Å². The highest BCUT2D eigenvalue weighted by atomic mass is 16.4. The molecular weight excluding hydrogens is 172 g/mol. The lowest BCUT2D eigenvalue weighted by Crippen LogP contribution is -2.10. The van der Waals surface area contributed by atoms with Crippen LogP contribution in [0.25, 0.3) is 0 Å². The molecule has 70 valence electrons. The average molecular weight is 182 g/mol. The molecule has 0 fully saturated rings. The van der Waals surface area contributed by atoms with E-state index in [0.717, 1.165) is 12.5 Å². The number of aromatic carboxylic acids is 1. The molecule has 1 heterocycles. The van der Waals surface area contributed by atoms with Gasteiger partial charge in [0.25, 0.3) is 0 Å². The number of carbonyl (C=O) groups is 1. The molecule has 1 aromatic rings. The zero-order valence-corrected chi connectivity index (χ0v) is 7.24. The number of hydrogen-bond acceptors (Lipinski definition) is 3. The summed E-state index contributed by atoms with van der Waals surface area (Å²) in [4.78, 5) is 21.6. The van der Waals surface area contributed by atoms with E-state index in [2.05, 4.69) is 0 Å². The first kappa shape index (κ1) is 9.51. The minimum atomic E-state index is -1.22. The fraction of sp³-hybridized carbons (Fsp3) is 0.333. The van der Waals surface area contributed by atoms with Crippen molar-refractivity contribution in [3.8, 4) is 0 Å². The number of hydrogen-bond donors (Lipinski definition) is 1. The van der Waals surface area contributed by atoms with E-state index in [9.17, 15) is 9.59 Å². The second-order valence-corrected chi connectivity index (χ2v) is 2.69. The van der Waals surface area contributed by atoms with Crippen LogP contribution in [0.4, 0.5) is 0 Å². The molecule has 0 radical (unpaired) electrons. The summed E-state index contributed by atoms with van der Waals surface area (Å²) in [5.74, 6) is -1.54. The highest BCUT2D eigenvalue weighted by molar-refractivity contribution is 5.84. The molecule has 13 heavy (non-hydrogen) atoms. The summed E-state index contributed by atoms with van der Waals surface area (Å²) in [5, 5.41) is 8.50. The Bertz CT molecular complexity index is 364. The van der Waals surface area contributed by atoms with Gasteiger partial charge < -0.3 is 9.52 Å². The van der Waals surface area contributed by atoms with Gasteiger partial charge in [-0.1, -0.05) is 13.3 Å². The van der Waals surface area contributed by atoms with Crippen LogP contribution in [-0.4, -0.2) is 11.1 Å². The zero-order chi connectivity index (χ0) is 9.84. The summed E-state index contributed by atoms with van der Waals surface area (Å²) in [5.41, 5.74) is 0.248. The van der Waals surface area contributed by atoms with Gasteiger partial charge in [0.15, 0.2) is 5.43 Å². The largest absolute Gasteiger partial charge is 0.475 e. The van der Waals surface area contributed by atoms with Crippen molar-refractivity contribution in [1.82, 2.24) is 0 Å². The topological polar surface area (TPSA) is 67.5 Å². The molecule has 0 saturated carbocycles. The van der Waals surface area contributed by atoms with Crippen LogP contribution in [0.1, 0.15) is 29.5 Å². The average Bonchev–Trinajstić information content (AvgIpc) is 2.08. The SMILES string of the molecule is CCCc1coc(C(=O)O)cc1=O. The van der Waals surface area contributed by atoms with E-state index in [-0.39, 0.29) is 11.2 Å². The molecule has 1 N–H and O–H groups in total. The fourth-order valence-electron chi connectivity index (χ4n) is 1.00. The molecular formula is C9H10O4. The Kier molecular flexibility index (Phi) is 2.84. The zero-order valence-electron chi connectivity index (χ0n) is 7.24. The summed E-state index contributed by atoms with van der Waals surface area (Å²) >= 11 is 0. The number of rotatable bonds is 3. The molecule has 0 spiro atoms. The van der Waals surface area contributed by atoms with Crippen molar-refractivity contribution in [1.29, 1.82) is 0 Å². The van der Waals surface area contributed by atoms with Crippen molar-refractivity contribution in [2.75, 3.05) is 0 Å². The smallest absolute Gasteiger partial charge is 0.371 e. The number of aryl methyl sites for hydroxylation is 1. The first-order valence-electron chi connectivity index (χ1n) is 4.00. The summed E-state index contributed by atoms with van der Waals surface area (Å²) in [7, 11) is 0. The fourth-order valence-corrected chi connectivity index (χ4v) is 1.00. The molecule has 0 aliphatic rings. The minimum absolute atomic E-state index is 0.273. The van der Waals surface area contributed by atoms with Gasteiger partial charge in [0.1, 0.15) is 0 Å². The molecule has 4 heteroatoms. The normalized spacial score (nSPS) is 9.92. The molecule has 0 aliphatic carbocycles. The molecule has 0 unspecified atom stereocenters. The summed E-state index contributed by atoms with van der Waals surface area (Å²) in [6.07, 6.45) is 2.66. The first-order chi connectivity index (χ1) is 6.15. The highest BCUT2D eigenvalue weighted by Gasteiger charge is 2.08. The van der Waals surface area contributed by atoms with Crippen molar-refractivity contribution in [3.05, 3.63) is 33.9 Å². The van der Waals surface area contributed by atoms with Crippen LogP contribution >= 0.6 is 0 Å². The van der Waals surface area contributed by atoms with E-state index in [1.807, 2.05) is 6.92 Å². The maximum absolute atomic E-state index is 11.2. The summed E-state index contributed by atoms with van der Waals surface area (Å²) < 4.78 is 4.75. The lowest BCUT2D eigenvalue weighted by atomic mass is 10.2. The van der Waals surface area contributed by atoms with Crippen LogP contribution in [0, 0.1) is 0 Å². The second-order valence-electron chi connectivity index (χ2n) is 2.69. The highest BCUT2D eigenvalue weighted by Crippen LogP contribution is 2.00. The van der Waals surface area contributed by atoms with Crippen molar-refractivity contribution in [2.24, 2.45) is 0 Å². The van der Waals surface area contributed by atoms with Gasteiger partial charge in [0.05, 0.1) is 6.26 Å². The predicted molar refractivity (Wildman–Crippen MR) is 45.9 cm³/mol. The van der Waals surface area contributed by atoms with Gasteiger partial charge in [-0.05, 0) is 6.42 Å². The second kappa shape index (κ2) is 3.89. The lowest BCUT2D eigenvalue weighted by Gasteiger charge is -1.96. The van der Waals surface area contributed by atoms with Crippen LogP contribution in [0.5, 0.6) is 0 Å². The van der Waals surface area contributed by atoms with Gasteiger partial charge in [0.2, 0.25) is 5.76 Å². The Hall–Kier alpha value is -1.58. The number of carboxylic acids is 1. The van der Waals surface area contributed by atoms with Gasteiger partial charge in [-0.15, -0.1) is 0 Å². The van der Waals surface area contributed by atoms with Gasteiger partial charge in [-0.25, -0.2) is 4.79 Å². The molecule has 0 atom stereocenters. The maximum atomic E-state index is 11.2. The van der Waals surface area contributed by atoms with Crippen molar-refractivity contribution < 1.29 is 14.3 Å². The molecule has 0 aliphatic heterocycles. The van der Waals surface area contributed by atoms with E-state index in [0.29, 0.717) is 12.0 Å². The van der Waals surface area contributed by atoms with Crippen LogP contribution < -0.4 is 5.43 Å². The standard InChI is InChI=1S/C9H10O4/c1-2-3-6-5-13-8(9(11)12)4-7(6)10/h4-5H,2-3H2,1H3,(H,11,12). The van der Waals surface area contributed by atoms with E-state index in [4.69, 9.17) is 9.52 Å². The minimum Gasteiger partial charge on any atom is -0.475 e. The molecule has 0 saturated heterocycles.